The van der Waals surface area contributed by atoms with Gasteiger partial charge in [0, 0.05) is 11.3 Å². The van der Waals surface area contributed by atoms with Gasteiger partial charge in [0.05, 0.1) is 6.26 Å². The van der Waals surface area contributed by atoms with Gasteiger partial charge in [0.1, 0.15) is 5.76 Å². The van der Waals surface area contributed by atoms with Crippen molar-refractivity contribution < 1.29 is 4.42 Å². The molecule has 13 heavy (non-hydrogen) atoms. The van der Waals surface area contributed by atoms with Crippen LogP contribution in [0.5, 0.6) is 0 Å². The van der Waals surface area contributed by atoms with E-state index >= 15 is 0 Å². The van der Waals surface area contributed by atoms with E-state index in [1.165, 1.54) is 0 Å². The molecule has 0 unspecified atom stereocenters. The summed E-state index contributed by atoms with van der Waals surface area (Å²) in [5.74, 6) is 0.887. The minimum absolute atomic E-state index is 0.785. The smallest absolute Gasteiger partial charge is 0.134 e. The maximum atomic E-state index is 5.65. The van der Waals surface area contributed by atoms with Gasteiger partial charge in [0.15, 0.2) is 0 Å². The van der Waals surface area contributed by atoms with E-state index in [2.05, 4.69) is 0 Å². The molecule has 0 amide bonds. The third-order valence-corrected chi connectivity index (χ3v) is 2.04. The van der Waals surface area contributed by atoms with Crippen LogP contribution in [0.3, 0.4) is 0 Å². The first-order valence-corrected chi connectivity index (χ1v) is 4.17. The summed E-state index contributed by atoms with van der Waals surface area (Å²) in [6, 6.07) is 9.62. The Bertz CT molecular complexity index is 404. The van der Waals surface area contributed by atoms with E-state index in [1.807, 2.05) is 37.3 Å². The van der Waals surface area contributed by atoms with Gasteiger partial charge in [-0.25, -0.2) is 0 Å². The summed E-state index contributed by atoms with van der Waals surface area (Å²) in [6.45, 7) is 2.02. The summed E-state index contributed by atoms with van der Waals surface area (Å²) in [5.41, 5.74) is 8.67. The third kappa shape index (κ3) is 1.43. The molecule has 2 N–H and O–H groups in total. The van der Waals surface area contributed by atoms with Crippen molar-refractivity contribution in [1.29, 1.82) is 0 Å². The van der Waals surface area contributed by atoms with Gasteiger partial charge in [-0.3, -0.25) is 0 Å². The van der Waals surface area contributed by atoms with Crippen molar-refractivity contribution in [2.24, 2.45) is 0 Å². The van der Waals surface area contributed by atoms with Gasteiger partial charge in [-0.1, -0.05) is 0 Å². The number of rotatable bonds is 1. The van der Waals surface area contributed by atoms with Gasteiger partial charge in [-0.2, -0.15) is 0 Å². The molecule has 0 bridgehead atoms. The SMILES string of the molecule is Cc1cc(N)ccc1-c1ccco1. The molecule has 1 aromatic heterocycles. The number of furan rings is 1. The van der Waals surface area contributed by atoms with Crippen molar-refractivity contribution in [1.82, 2.24) is 0 Å². The number of aryl methyl sites for hydroxylation is 1. The van der Waals surface area contributed by atoms with E-state index < -0.39 is 0 Å². The minimum Gasteiger partial charge on any atom is -0.464 e. The first-order valence-electron chi connectivity index (χ1n) is 4.17. The Hall–Kier alpha value is -1.70. The van der Waals surface area contributed by atoms with Crippen molar-refractivity contribution in [2.45, 2.75) is 6.92 Å². The average Bonchev–Trinajstić information content (AvgIpc) is 2.56. The molecular weight excluding hydrogens is 162 g/mol. The van der Waals surface area contributed by atoms with Crippen molar-refractivity contribution in [3.8, 4) is 11.3 Å². The Morgan fingerprint density at radius 3 is 2.69 bits per heavy atom. The number of hydrogen-bond acceptors (Lipinski definition) is 2. The fourth-order valence-electron chi connectivity index (χ4n) is 1.40. The van der Waals surface area contributed by atoms with Crippen molar-refractivity contribution in [3.63, 3.8) is 0 Å². The van der Waals surface area contributed by atoms with Crippen LogP contribution in [-0.4, -0.2) is 0 Å². The summed E-state index contributed by atoms with van der Waals surface area (Å²) in [7, 11) is 0. The molecule has 0 radical (unpaired) electrons. The molecule has 1 heterocycles. The number of anilines is 1. The highest BCUT2D eigenvalue weighted by Gasteiger charge is 2.03. The van der Waals surface area contributed by atoms with Crippen LogP contribution >= 0.6 is 0 Å². The molecular formula is C11H11NO. The van der Waals surface area contributed by atoms with E-state index in [9.17, 15) is 0 Å². The second kappa shape index (κ2) is 2.98. The van der Waals surface area contributed by atoms with Crippen LogP contribution < -0.4 is 5.73 Å². The molecule has 0 fully saturated rings. The zero-order valence-corrected chi connectivity index (χ0v) is 7.45. The summed E-state index contributed by atoms with van der Waals surface area (Å²) in [4.78, 5) is 0. The molecule has 0 aliphatic rings. The maximum absolute atomic E-state index is 5.65. The van der Waals surface area contributed by atoms with Gasteiger partial charge in [0.25, 0.3) is 0 Å². The van der Waals surface area contributed by atoms with Gasteiger partial charge >= 0.3 is 0 Å². The highest BCUT2D eigenvalue weighted by atomic mass is 16.3. The molecule has 66 valence electrons. The van der Waals surface area contributed by atoms with E-state index in [4.69, 9.17) is 10.2 Å². The molecule has 0 aliphatic heterocycles. The summed E-state index contributed by atoms with van der Waals surface area (Å²) < 4.78 is 5.30. The Labute approximate surface area is 77.0 Å². The Morgan fingerprint density at radius 1 is 1.23 bits per heavy atom. The molecule has 2 rings (SSSR count). The van der Waals surface area contributed by atoms with Crippen LogP contribution in [0.1, 0.15) is 5.56 Å². The maximum Gasteiger partial charge on any atom is 0.134 e. The topological polar surface area (TPSA) is 39.2 Å². The number of hydrogen-bond donors (Lipinski definition) is 1. The average molecular weight is 173 g/mol. The quantitative estimate of drug-likeness (QED) is 0.673. The fourth-order valence-corrected chi connectivity index (χ4v) is 1.40. The van der Waals surface area contributed by atoms with Crippen LogP contribution in [0.15, 0.2) is 41.0 Å². The summed E-state index contributed by atoms with van der Waals surface area (Å²) >= 11 is 0. The first kappa shape index (κ1) is 7.92. The Kier molecular flexibility index (Phi) is 1.81. The predicted molar refractivity (Wildman–Crippen MR) is 53.3 cm³/mol. The molecule has 0 saturated carbocycles. The lowest BCUT2D eigenvalue weighted by Crippen LogP contribution is -1.87. The van der Waals surface area contributed by atoms with Crippen LogP contribution in [0.4, 0.5) is 5.69 Å². The molecule has 2 nitrogen and oxygen atoms in total. The summed E-state index contributed by atoms with van der Waals surface area (Å²) in [6.07, 6.45) is 1.67. The van der Waals surface area contributed by atoms with E-state index in [-0.39, 0.29) is 0 Å². The predicted octanol–water partition coefficient (Wildman–Crippen LogP) is 2.84. The molecule has 2 heteroatoms. The Balaban J connectivity index is 2.53. The standard InChI is InChI=1S/C11H11NO/c1-8-7-9(12)4-5-10(8)11-3-2-6-13-11/h2-7H,12H2,1H3. The van der Waals surface area contributed by atoms with Crippen molar-refractivity contribution in [3.05, 3.63) is 42.2 Å². The molecule has 1 aromatic carbocycles. The van der Waals surface area contributed by atoms with Crippen molar-refractivity contribution >= 4 is 5.69 Å². The fraction of sp³-hybridized carbons (Fsp3) is 0.0909. The molecule has 2 aromatic rings. The van der Waals surface area contributed by atoms with Crippen LogP contribution in [-0.2, 0) is 0 Å². The highest BCUT2D eigenvalue weighted by Crippen LogP contribution is 2.24. The normalized spacial score (nSPS) is 10.2. The lowest BCUT2D eigenvalue weighted by Gasteiger charge is -2.02. The van der Waals surface area contributed by atoms with E-state index in [0.29, 0.717) is 0 Å². The van der Waals surface area contributed by atoms with Gasteiger partial charge in [-0.15, -0.1) is 0 Å². The molecule has 0 atom stereocenters. The number of benzene rings is 1. The third-order valence-electron chi connectivity index (χ3n) is 2.04. The first-order chi connectivity index (χ1) is 6.27. The zero-order chi connectivity index (χ0) is 9.26. The monoisotopic (exact) mass is 173 g/mol. The van der Waals surface area contributed by atoms with Gasteiger partial charge in [0.2, 0.25) is 0 Å². The molecule has 0 aliphatic carbocycles. The summed E-state index contributed by atoms with van der Waals surface area (Å²) in [5, 5.41) is 0. The highest BCUT2D eigenvalue weighted by molar-refractivity contribution is 5.65. The minimum atomic E-state index is 0.785. The van der Waals surface area contributed by atoms with Crippen LogP contribution in [0.25, 0.3) is 11.3 Å². The van der Waals surface area contributed by atoms with Crippen molar-refractivity contribution in [2.75, 3.05) is 5.73 Å². The zero-order valence-electron chi connectivity index (χ0n) is 7.45. The van der Waals surface area contributed by atoms with Crippen LogP contribution in [0.2, 0.25) is 0 Å². The van der Waals surface area contributed by atoms with E-state index in [1.54, 1.807) is 6.26 Å². The second-order valence-corrected chi connectivity index (χ2v) is 3.05. The second-order valence-electron chi connectivity index (χ2n) is 3.05. The molecule has 0 saturated heterocycles. The van der Waals surface area contributed by atoms with E-state index in [0.717, 1.165) is 22.6 Å². The lowest BCUT2D eigenvalue weighted by atomic mass is 10.1. The number of nitrogens with two attached hydrogens (primary N) is 1. The van der Waals surface area contributed by atoms with Crippen LogP contribution in [0, 0.1) is 6.92 Å². The molecule has 0 spiro atoms. The lowest BCUT2D eigenvalue weighted by molar-refractivity contribution is 0.582. The Morgan fingerprint density at radius 2 is 2.08 bits per heavy atom. The number of nitrogen functional groups attached to an aromatic ring is 1. The van der Waals surface area contributed by atoms with Gasteiger partial charge < -0.3 is 10.2 Å². The van der Waals surface area contributed by atoms with Gasteiger partial charge in [-0.05, 0) is 42.8 Å². The largest absolute Gasteiger partial charge is 0.464 e.